The van der Waals surface area contributed by atoms with E-state index in [2.05, 4.69) is 5.32 Å². The Morgan fingerprint density at radius 1 is 0.960 bits per heavy atom. The quantitative estimate of drug-likeness (QED) is 0.482. The van der Waals surface area contributed by atoms with Gasteiger partial charge in [-0.25, -0.2) is 0 Å². The third-order valence-electron chi connectivity index (χ3n) is 3.57. The normalized spacial score (nSPS) is 10.2. The molecule has 2 rings (SSSR count). The first kappa shape index (κ1) is 17.9. The zero-order valence-electron chi connectivity index (χ0n) is 13.9. The van der Waals surface area contributed by atoms with Crippen molar-refractivity contribution in [1.82, 2.24) is 0 Å². The molecule has 0 fully saturated rings. The molecular weight excluding hydrogens is 328 g/mol. The van der Waals surface area contributed by atoms with E-state index in [9.17, 15) is 19.8 Å². The highest BCUT2D eigenvalue weighted by atomic mass is 16.5. The largest absolute Gasteiger partial charge is 0.504 e. The SMILES string of the molecule is COc1c(N)ccc(C(=O)Nc2ccc(C(C)=O)c(O)c2OC)c1O. The summed E-state index contributed by atoms with van der Waals surface area (Å²) in [5.74, 6) is -1.91. The molecule has 0 radical (unpaired) electrons. The van der Waals surface area contributed by atoms with Crippen molar-refractivity contribution in [3.63, 3.8) is 0 Å². The molecule has 1 amide bonds. The highest BCUT2D eigenvalue weighted by molar-refractivity contribution is 6.08. The number of carbonyl (C=O) groups is 2. The number of nitrogens with two attached hydrogens (primary N) is 1. The van der Waals surface area contributed by atoms with E-state index in [1.807, 2.05) is 0 Å². The lowest BCUT2D eigenvalue weighted by Gasteiger charge is -2.15. The second-order valence-corrected chi connectivity index (χ2v) is 5.14. The standard InChI is InChI=1S/C17H18N2O6/c1-8(20)9-5-7-12(16(25-3)13(9)21)19-17(23)10-4-6-11(18)15(24-2)14(10)22/h4-7,21-22H,18H2,1-3H3,(H,19,23). The number of ether oxygens (including phenoxy) is 2. The number of phenols is 2. The van der Waals surface area contributed by atoms with Gasteiger partial charge >= 0.3 is 0 Å². The van der Waals surface area contributed by atoms with Crippen LogP contribution >= 0.6 is 0 Å². The number of anilines is 2. The van der Waals surface area contributed by atoms with Crippen molar-refractivity contribution < 1.29 is 29.3 Å². The maximum absolute atomic E-state index is 12.4. The first-order valence-corrected chi connectivity index (χ1v) is 7.19. The van der Waals surface area contributed by atoms with E-state index in [-0.39, 0.29) is 45.5 Å². The molecular formula is C17H18N2O6. The lowest BCUT2D eigenvalue weighted by Crippen LogP contribution is -2.14. The van der Waals surface area contributed by atoms with Gasteiger partial charge in [0.05, 0.1) is 36.7 Å². The Kier molecular flexibility index (Phi) is 5.02. The molecule has 0 aliphatic heterocycles. The monoisotopic (exact) mass is 346 g/mol. The summed E-state index contributed by atoms with van der Waals surface area (Å²) in [5.41, 5.74) is 5.95. The summed E-state index contributed by atoms with van der Waals surface area (Å²) in [7, 11) is 2.60. The molecule has 2 aromatic carbocycles. The van der Waals surface area contributed by atoms with E-state index in [1.54, 1.807) is 0 Å². The fourth-order valence-electron chi connectivity index (χ4n) is 2.33. The minimum Gasteiger partial charge on any atom is -0.504 e. The van der Waals surface area contributed by atoms with Gasteiger partial charge in [0, 0.05) is 0 Å². The lowest BCUT2D eigenvalue weighted by molar-refractivity contribution is 0.101. The molecule has 0 aliphatic carbocycles. The molecule has 2 aromatic rings. The van der Waals surface area contributed by atoms with Gasteiger partial charge < -0.3 is 30.7 Å². The van der Waals surface area contributed by atoms with Crippen molar-refractivity contribution in [1.29, 1.82) is 0 Å². The molecule has 0 spiro atoms. The van der Waals surface area contributed by atoms with Crippen LogP contribution in [0.4, 0.5) is 11.4 Å². The Morgan fingerprint density at radius 3 is 2.08 bits per heavy atom. The average molecular weight is 346 g/mol. The van der Waals surface area contributed by atoms with Crippen LogP contribution in [0, 0.1) is 0 Å². The molecule has 0 bridgehead atoms. The fraction of sp³-hybridized carbons (Fsp3) is 0.176. The second kappa shape index (κ2) is 7.00. The molecule has 0 atom stereocenters. The third-order valence-corrected chi connectivity index (χ3v) is 3.57. The number of nitrogens with one attached hydrogen (secondary N) is 1. The van der Waals surface area contributed by atoms with Crippen LogP contribution in [0.25, 0.3) is 0 Å². The van der Waals surface area contributed by atoms with E-state index < -0.39 is 11.7 Å². The second-order valence-electron chi connectivity index (χ2n) is 5.14. The summed E-state index contributed by atoms with van der Waals surface area (Å²) < 4.78 is 10.0. The van der Waals surface area contributed by atoms with E-state index in [0.717, 1.165) is 0 Å². The van der Waals surface area contributed by atoms with Crippen LogP contribution in [0.5, 0.6) is 23.0 Å². The van der Waals surface area contributed by atoms with Crippen molar-refractivity contribution in [3.05, 3.63) is 35.4 Å². The van der Waals surface area contributed by atoms with E-state index in [4.69, 9.17) is 15.2 Å². The molecule has 132 valence electrons. The zero-order chi connectivity index (χ0) is 18.7. The molecule has 0 unspecified atom stereocenters. The molecule has 8 heteroatoms. The number of rotatable bonds is 5. The Balaban J connectivity index is 2.42. The predicted molar refractivity (Wildman–Crippen MR) is 91.7 cm³/mol. The summed E-state index contributed by atoms with van der Waals surface area (Å²) >= 11 is 0. The number of amides is 1. The zero-order valence-corrected chi connectivity index (χ0v) is 13.9. The van der Waals surface area contributed by atoms with Gasteiger partial charge in [-0.05, 0) is 31.2 Å². The summed E-state index contributed by atoms with van der Waals surface area (Å²) in [6.07, 6.45) is 0. The smallest absolute Gasteiger partial charge is 0.259 e. The molecule has 0 heterocycles. The van der Waals surface area contributed by atoms with Gasteiger partial charge in [-0.1, -0.05) is 0 Å². The number of nitrogen functional groups attached to an aromatic ring is 1. The molecule has 0 saturated heterocycles. The first-order valence-electron chi connectivity index (χ1n) is 7.19. The van der Waals surface area contributed by atoms with Gasteiger partial charge in [0.1, 0.15) is 0 Å². The summed E-state index contributed by atoms with van der Waals surface area (Å²) in [6, 6.07) is 5.53. The molecule has 8 nitrogen and oxygen atoms in total. The van der Waals surface area contributed by atoms with Crippen molar-refractivity contribution in [2.75, 3.05) is 25.3 Å². The van der Waals surface area contributed by atoms with Crippen molar-refractivity contribution in [2.24, 2.45) is 0 Å². The van der Waals surface area contributed by atoms with Gasteiger partial charge in [0.2, 0.25) is 0 Å². The van der Waals surface area contributed by atoms with Crippen LogP contribution in [0.15, 0.2) is 24.3 Å². The van der Waals surface area contributed by atoms with E-state index in [0.29, 0.717) is 0 Å². The van der Waals surface area contributed by atoms with E-state index >= 15 is 0 Å². The minimum absolute atomic E-state index is 0.0191. The minimum atomic E-state index is -0.677. The van der Waals surface area contributed by atoms with Gasteiger partial charge in [-0.3, -0.25) is 9.59 Å². The van der Waals surface area contributed by atoms with Crippen molar-refractivity contribution >= 4 is 23.1 Å². The number of hydrogen-bond acceptors (Lipinski definition) is 7. The lowest BCUT2D eigenvalue weighted by atomic mass is 10.1. The number of phenolic OH excluding ortho intramolecular Hbond substituents is 2. The fourth-order valence-corrected chi connectivity index (χ4v) is 2.33. The Bertz CT molecular complexity index is 848. The van der Waals surface area contributed by atoms with Gasteiger partial charge in [-0.2, -0.15) is 0 Å². The van der Waals surface area contributed by atoms with Crippen LogP contribution in [-0.2, 0) is 0 Å². The van der Waals surface area contributed by atoms with E-state index in [1.165, 1.54) is 45.4 Å². The van der Waals surface area contributed by atoms with Crippen LogP contribution < -0.4 is 20.5 Å². The van der Waals surface area contributed by atoms with Crippen LogP contribution in [0.3, 0.4) is 0 Å². The summed E-state index contributed by atoms with van der Waals surface area (Å²) in [5, 5.41) is 22.7. The Labute approximate surface area is 143 Å². The Hall–Kier alpha value is -3.42. The van der Waals surface area contributed by atoms with Crippen molar-refractivity contribution in [3.8, 4) is 23.0 Å². The van der Waals surface area contributed by atoms with Crippen LogP contribution in [-0.4, -0.2) is 36.1 Å². The van der Waals surface area contributed by atoms with Crippen LogP contribution in [0.1, 0.15) is 27.6 Å². The molecule has 0 aromatic heterocycles. The highest BCUT2D eigenvalue weighted by Gasteiger charge is 2.21. The first-order chi connectivity index (χ1) is 11.8. The Morgan fingerprint density at radius 2 is 1.52 bits per heavy atom. The number of Topliss-reactive ketones (excluding diaryl/α,β-unsaturated/α-hetero) is 1. The van der Waals surface area contributed by atoms with Crippen molar-refractivity contribution in [2.45, 2.75) is 6.92 Å². The number of methoxy groups -OCH3 is 2. The van der Waals surface area contributed by atoms with Gasteiger partial charge in [-0.15, -0.1) is 0 Å². The number of carbonyl (C=O) groups excluding carboxylic acids is 2. The molecule has 5 N–H and O–H groups in total. The molecule has 0 aliphatic rings. The number of ketones is 1. The number of benzene rings is 2. The molecule has 0 saturated carbocycles. The average Bonchev–Trinajstić information content (AvgIpc) is 2.55. The van der Waals surface area contributed by atoms with Gasteiger partial charge in [0.25, 0.3) is 5.91 Å². The maximum Gasteiger partial charge on any atom is 0.259 e. The molecule has 25 heavy (non-hydrogen) atoms. The maximum atomic E-state index is 12.4. The van der Waals surface area contributed by atoms with Gasteiger partial charge in [0.15, 0.2) is 28.8 Å². The number of aromatic hydroxyl groups is 2. The summed E-state index contributed by atoms with van der Waals surface area (Å²) in [6.45, 7) is 1.30. The summed E-state index contributed by atoms with van der Waals surface area (Å²) in [4.78, 5) is 23.9. The predicted octanol–water partition coefficient (Wildman–Crippen LogP) is 2.15. The number of hydrogen-bond donors (Lipinski definition) is 4. The topological polar surface area (TPSA) is 131 Å². The highest BCUT2D eigenvalue weighted by Crippen LogP contribution is 2.39. The third kappa shape index (κ3) is 3.27. The van der Waals surface area contributed by atoms with Crippen LogP contribution in [0.2, 0.25) is 0 Å².